The maximum atomic E-state index is 12.4. The average Bonchev–Trinajstić information content (AvgIpc) is 3.09. The molecule has 0 amide bonds. The SMILES string of the molecule is CCCCC/C=C\C/C=C\CC(O)/C=C\C=C\CCCC(=O)OC[C@H](COP(=O)(O)O)OC(=O)CCCCCCC/C=C\C=C/CCCCCC. The molecule has 0 rings (SSSR count). The summed E-state index contributed by atoms with van der Waals surface area (Å²) in [5.41, 5.74) is 0. The van der Waals surface area contributed by atoms with E-state index in [1.807, 2.05) is 18.2 Å². The number of carbonyl (C=O) groups is 2. The number of rotatable bonds is 34. The second-order valence-electron chi connectivity index (χ2n) is 12.8. The van der Waals surface area contributed by atoms with Gasteiger partial charge in [0.2, 0.25) is 0 Å². The summed E-state index contributed by atoms with van der Waals surface area (Å²) in [6, 6.07) is 0. The minimum atomic E-state index is -4.79. The number of aliphatic hydroxyl groups is 1. The van der Waals surface area contributed by atoms with Crippen molar-refractivity contribution in [3.05, 3.63) is 72.9 Å². The molecule has 0 heterocycles. The zero-order valence-electron chi connectivity index (χ0n) is 31.6. The molecule has 0 aromatic carbocycles. The lowest BCUT2D eigenvalue weighted by Gasteiger charge is -2.18. The maximum absolute atomic E-state index is 12.4. The number of phosphoric ester groups is 1. The number of hydrogen-bond acceptors (Lipinski definition) is 7. The Kier molecular flexibility index (Phi) is 34.0. The number of esters is 2. The van der Waals surface area contributed by atoms with E-state index in [-0.39, 0.29) is 19.4 Å². The van der Waals surface area contributed by atoms with Crippen LogP contribution in [0, 0.1) is 0 Å². The lowest BCUT2D eigenvalue weighted by molar-refractivity contribution is -0.161. The molecule has 9 nitrogen and oxygen atoms in total. The van der Waals surface area contributed by atoms with E-state index in [1.54, 1.807) is 12.2 Å². The third-order valence-electron chi connectivity index (χ3n) is 7.81. The molecule has 0 spiro atoms. The van der Waals surface area contributed by atoms with Crippen LogP contribution in [0.5, 0.6) is 0 Å². The standard InChI is InChI=1S/C41H69O9P/c1-3-5-7-9-11-13-14-15-16-17-18-20-22-26-31-35-41(44)50-39(37-49-51(45,46)47)36-48-40(43)34-30-27-23-25-29-33-38(42)32-28-24-21-19-12-10-8-6-4-2/h12-16,19,23-25,28-29,33,38-39,42H,3-11,17-18,20-22,26-27,30-32,34-37H2,1-2H3,(H2,45,46,47)/b14-13-,16-15-,19-12-,25-23+,28-24-,33-29-/t38?,39-/m1/s1. The van der Waals surface area contributed by atoms with Gasteiger partial charge in [0.25, 0.3) is 0 Å². The van der Waals surface area contributed by atoms with Gasteiger partial charge in [-0.25, -0.2) is 4.57 Å². The van der Waals surface area contributed by atoms with Gasteiger partial charge in [0, 0.05) is 12.8 Å². The second kappa shape index (κ2) is 35.8. The van der Waals surface area contributed by atoms with Crippen molar-refractivity contribution in [1.29, 1.82) is 0 Å². The predicted molar refractivity (Wildman–Crippen MR) is 208 cm³/mol. The van der Waals surface area contributed by atoms with Crippen LogP contribution in [0.4, 0.5) is 0 Å². The van der Waals surface area contributed by atoms with Crippen LogP contribution in [-0.4, -0.2) is 52.3 Å². The minimum Gasteiger partial charge on any atom is -0.462 e. The molecular formula is C41H69O9P. The van der Waals surface area contributed by atoms with Gasteiger partial charge in [0.1, 0.15) is 6.61 Å². The molecule has 0 saturated carbocycles. The Hall–Kier alpha value is -2.55. The molecule has 51 heavy (non-hydrogen) atoms. The van der Waals surface area contributed by atoms with E-state index in [4.69, 9.17) is 19.3 Å². The van der Waals surface area contributed by atoms with Crippen LogP contribution in [-0.2, 0) is 28.2 Å². The molecule has 0 aromatic rings. The third kappa shape index (κ3) is 38.5. The topological polar surface area (TPSA) is 140 Å². The van der Waals surface area contributed by atoms with Crippen molar-refractivity contribution in [1.82, 2.24) is 0 Å². The summed E-state index contributed by atoms with van der Waals surface area (Å²) in [6.07, 6.45) is 42.2. The first-order chi connectivity index (χ1) is 24.7. The Morgan fingerprint density at radius 1 is 0.608 bits per heavy atom. The Labute approximate surface area is 309 Å². The molecule has 292 valence electrons. The Morgan fingerprint density at radius 2 is 1.14 bits per heavy atom. The van der Waals surface area contributed by atoms with E-state index in [2.05, 4.69) is 60.9 Å². The summed E-state index contributed by atoms with van der Waals surface area (Å²) in [7, 11) is -4.79. The summed E-state index contributed by atoms with van der Waals surface area (Å²) in [5.74, 6) is -1.04. The van der Waals surface area contributed by atoms with E-state index in [0.29, 0.717) is 25.7 Å². The molecule has 0 aliphatic rings. The van der Waals surface area contributed by atoms with E-state index in [0.717, 1.165) is 51.4 Å². The molecule has 2 atom stereocenters. The van der Waals surface area contributed by atoms with Crippen molar-refractivity contribution in [2.24, 2.45) is 0 Å². The number of allylic oxidation sites excluding steroid dienone is 10. The van der Waals surface area contributed by atoms with Crippen LogP contribution in [0.3, 0.4) is 0 Å². The van der Waals surface area contributed by atoms with Gasteiger partial charge in [0.05, 0.1) is 12.7 Å². The van der Waals surface area contributed by atoms with E-state index in [1.165, 1.54) is 44.9 Å². The van der Waals surface area contributed by atoms with Crippen LogP contribution in [0.1, 0.15) is 149 Å². The Bertz CT molecular complexity index is 1070. The van der Waals surface area contributed by atoms with E-state index >= 15 is 0 Å². The van der Waals surface area contributed by atoms with Crippen LogP contribution in [0.25, 0.3) is 0 Å². The van der Waals surface area contributed by atoms with Crippen LogP contribution >= 0.6 is 7.82 Å². The zero-order chi connectivity index (χ0) is 37.7. The number of hydrogen-bond donors (Lipinski definition) is 3. The average molecular weight is 737 g/mol. The third-order valence-corrected chi connectivity index (χ3v) is 8.29. The smallest absolute Gasteiger partial charge is 0.462 e. The number of ether oxygens (including phenoxy) is 2. The predicted octanol–water partition coefficient (Wildman–Crippen LogP) is 10.5. The summed E-state index contributed by atoms with van der Waals surface area (Å²) in [4.78, 5) is 42.7. The first-order valence-electron chi connectivity index (χ1n) is 19.4. The fraction of sp³-hybridized carbons (Fsp3) is 0.659. The molecule has 0 aliphatic carbocycles. The van der Waals surface area contributed by atoms with Gasteiger partial charge in [-0.15, -0.1) is 0 Å². The molecule has 0 aromatic heterocycles. The van der Waals surface area contributed by atoms with Crippen LogP contribution in [0.2, 0.25) is 0 Å². The number of carbonyl (C=O) groups excluding carboxylic acids is 2. The van der Waals surface area contributed by atoms with Crippen molar-refractivity contribution < 1.29 is 43.0 Å². The zero-order valence-corrected chi connectivity index (χ0v) is 32.5. The van der Waals surface area contributed by atoms with E-state index in [9.17, 15) is 19.3 Å². The van der Waals surface area contributed by atoms with Gasteiger partial charge in [-0.3, -0.25) is 14.1 Å². The van der Waals surface area contributed by atoms with Crippen molar-refractivity contribution in [3.63, 3.8) is 0 Å². The van der Waals surface area contributed by atoms with Crippen LogP contribution in [0.15, 0.2) is 72.9 Å². The lowest BCUT2D eigenvalue weighted by atomic mass is 10.1. The van der Waals surface area contributed by atoms with Gasteiger partial charge < -0.3 is 24.4 Å². The normalized spacial score (nSPS) is 13.9. The Morgan fingerprint density at radius 3 is 1.82 bits per heavy atom. The van der Waals surface area contributed by atoms with Crippen molar-refractivity contribution >= 4 is 19.8 Å². The second-order valence-corrected chi connectivity index (χ2v) is 14.0. The molecule has 0 fully saturated rings. The first-order valence-corrected chi connectivity index (χ1v) is 20.9. The Balaban J connectivity index is 4.20. The fourth-order valence-electron chi connectivity index (χ4n) is 4.85. The summed E-state index contributed by atoms with van der Waals surface area (Å²) in [5, 5.41) is 10.1. The fourth-order valence-corrected chi connectivity index (χ4v) is 5.21. The minimum absolute atomic E-state index is 0.125. The van der Waals surface area contributed by atoms with Crippen molar-refractivity contribution in [2.75, 3.05) is 13.2 Å². The molecule has 0 radical (unpaired) electrons. The van der Waals surface area contributed by atoms with Gasteiger partial charge in [-0.2, -0.15) is 0 Å². The molecule has 3 N–H and O–H groups in total. The molecular weight excluding hydrogens is 667 g/mol. The molecule has 0 saturated heterocycles. The highest BCUT2D eigenvalue weighted by molar-refractivity contribution is 7.46. The van der Waals surface area contributed by atoms with E-state index < -0.39 is 38.6 Å². The first kappa shape index (κ1) is 48.5. The summed E-state index contributed by atoms with van der Waals surface area (Å²) < 4.78 is 26.2. The number of phosphoric acid groups is 1. The van der Waals surface area contributed by atoms with Crippen LogP contribution < -0.4 is 0 Å². The molecule has 0 aliphatic heterocycles. The molecule has 0 bridgehead atoms. The lowest BCUT2D eigenvalue weighted by Crippen LogP contribution is -2.29. The summed E-state index contributed by atoms with van der Waals surface area (Å²) >= 11 is 0. The van der Waals surface area contributed by atoms with Gasteiger partial charge in [-0.05, 0) is 70.6 Å². The van der Waals surface area contributed by atoms with Gasteiger partial charge >= 0.3 is 19.8 Å². The number of unbranched alkanes of at least 4 members (excludes halogenated alkanes) is 13. The quantitative estimate of drug-likeness (QED) is 0.0194. The van der Waals surface area contributed by atoms with Gasteiger partial charge in [-0.1, -0.05) is 138 Å². The van der Waals surface area contributed by atoms with Crippen molar-refractivity contribution in [3.8, 4) is 0 Å². The highest BCUT2D eigenvalue weighted by Gasteiger charge is 2.22. The van der Waals surface area contributed by atoms with Gasteiger partial charge in [0.15, 0.2) is 6.10 Å². The molecule has 10 heteroatoms. The number of aliphatic hydroxyl groups excluding tert-OH is 1. The summed E-state index contributed by atoms with van der Waals surface area (Å²) in [6.45, 7) is 3.47. The molecule has 1 unspecified atom stereocenters. The monoisotopic (exact) mass is 736 g/mol. The van der Waals surface area contributed by atoms with Crippen molar-refractivity contribution in [2.45, 2.75) is 161 Å². The maximum Gasteiger partial charge on any atom is 0.469 e. The largest absolute Gasteiger partial charge is 0.469 e. The highest BCUT2D eigenvalue weighted by atomic mass is 31.2. The highest BCUT2D eigenvalue weighted by Crippen LogP contribution is 2.36.